The molecule has 8 bridgehead atoms. The number of ketones is 2. The average molecular weight is 623 g/mol. The molecular formula is C36H38N4O6. The van der Waals surface area contributed by atoms with Gasteiger partial charge in [-0.15, -0.1) is 0 Å². The lowest BCUT2D eigenvalue weighted by Gasteiger charge is -2.04. The van der Waals surface area contributed by atoms with E-state index in [1.807, 2.05) is 52.0 Å². The van der Waals surface area contributed by atoms with Gasteiger partial charge in [0.15, 0.2) is 11.6 Å². The number of hydrogen-bond acceptors (Lipinski definition) is 8. The summed E-state index contributed by atoms with van der Waals surface area (Å²) in [6.45, 7) is 10.7. The number of aryl methyl sites for hydroxylation is 3. The largest absolute Gasteiger partial charge is 0.469 e. The molecule has 3 aromatic rings. The number of carbonyl (C=O) groups excluding carboxylic acids is 4. The Morgan fingerprint density at radius 2 is 1.15 bits per heavy atom. The van der Waals surface area contributed by atoms with Crippen LogP contribution in [0.2, 0.25) is 0 Å². The number of aromatic amines is 2. The van der Waals surface area contributed by atoms with Gasteiger partial charge in [0.25, 0.3) is 0 Å². The van der Waals surface area contributed by atoms with E-state index in [0.717, 1.165) is 44.4 Å². The van der Waals surface area contributed by atoms with Gasteiger partial charge in [-0.3, -0.25) is 19.2 Å². The Kier molecular flexibility index (Phi) is 8.92. The molecule has 2 aliphatic rings. The summed E-state index contributed by atoms with van der Waals surface area (Å²) in [4.78, 5) is 66.9. The number of esters is 2. The zero-order valence-electron chi connectivity index (χ0n) is 27.5. The van der Waals surface area contributed by atoms with Crippen LogP contribution in [0.4, 0.5) is 0 Å². The molecule has 5 rings (SSSR count). The molecule has 0 spiro atoms. The van der Waals surface area contributed by atoms with E-state index in [4.69, 9.17) is 19.4 Å². The molecule has 46 heavy (non-hydrogen) atoms. The smallest absolute Gasteiger partial charge is 0.305 e. The lowest BCUT2D eigenvalue weighted by atomic mass is 10.00. The lowest BCUT2D eigenvalue weighted by Crippen LogP contribution is -2.02. The van der Waals surface area contributed by atoms with Gasteiger partial charge in [-0.05, 0) is 112 Å². The number of hydrogen-bond donors (Lipinski definition) is 2. The second-order valence-corrected chi connectivity index (χ2v) is 11.7. The first-order valence-corrected chi connectivity index (χ1v) is 15.2. The molecule has 2 N–H and O–H groups in total. The Morgan fingerprint density at radius 3 is 1.78 bits per heavy atom. The number of methoxy groups -OCH3 is 2. The number of rotatable bonds is 8. The van der Waals surface area contributed by atoms with Gasteiger partial charge in [0, 0.05) is 40.5 Å². The maximum absolute atomic E-state index is 12.9. The van der Waals surface area contributed by atoms with Crippen molar-refractivity contribution in [3.63, 3.8) is 0 Å². The van der Waals surface area contributed by atoms with Gasteiger partial charge in [0.1, 0.15) is 0 Å². The van der Waals surface area contributed by atoms with Crippen LogP contribution in [0.3, 0.4) is 0 Å². The van der Waals surface area contributed by atoms with Crippen LogP contribution in [0.5, 0.6) is 0 Å². The molecule has 0 saturated carbocycles. The Balaban J connectivity index is 1.93. The van der Waals surface area contributed by atoms with Crippen molar-refractivity contribution in [1.29, 1.82) is 0 Å². The number of aromatic nitrogens is 4. The fourth-order valence-corrected chi connectivity index (χ4v) is 6.30. The molecule has 10 nitrogen and oxygen atoms in total. The van der Waals surface area contributed by atoms with Crippen LogP contribution in [-0.2, 0) is 30.3 Å². The van der Waals surface area contributed by atoms with Crippen molar-refractivity contribution >= 4 is 67.9 Å². The minimum atomic E-state index is -0.328. The Morgan fingerprint density at radius 1 is 0.630 bits per heavy atom. The summed E-state index contributed by atoms with van der Waals surface area (Å²) in [5.74, 6) is -0.885. The van der Waals surface area contributed by atoms with Crippen molar-refractivity contribution in [2.45, 2.75) is 67.2 Å². The minimum absolute atomic E-state index is 0.103. The molecule has 0 radical (unpaired) electrons. The van der Waals surface area contributed by atoms with E-state index in [2.05, 4.69) is 9.97 Å². The summed E-state index contributed by atoms with van der Waals surface area (Å²) in [7, 11) is 2.73. The summed E-state index contributed by atoms with van der Waals surface area (Å²) in [6, 6.07) is 7.50. The molecule has 10 heteroatoms. The van der Waals surface area contributed by atoms with Gasteiger partial charge in [0.2, 0.25) is 0 Å². The zero-order valence-corrected chi connectivity index (χ0v) is 27.5. The number of carbonyl (C=O) groups is 4. The molecular weight excluding hydrogens is 584 g/mol. The monoisotopic (exact) mass is 622 g/mol. The molecule has 0 amide bonds. The van der Waals surface area contributed by atoms with Gasteiger partial charge in [0.05, 0.1) is 42.5 Å². The number of nitrogens with one attached hydrogen (secondary N) is 2. The highest BCUT2D eigenvalue weighted by Gasteiger charge is 2.23. The van der Waals surface area contributed by atoms with Gasteiger partial charge in [-0.2, -0.15) is 0 Å². The quantitative estimate of drug-likeness (QED) is 0.210. The molecule has 0 aromatic carbocycles. The third-order valence-corrected chi connectivity index (χ3v) is 8.85. The molecule has 0 saturated heterocycles. The van der Waals surface area contributed by atoms with Crippen LogP contribution >= 0.6 is 0 Å². The van der Waals surface area contributed by atoms with Gasteiger partial charge >= 0.3 is 11.9 Å². The number of Topliss-reactive ketones (excluding diaryl/α,β-unsaturated/α-hetero) is 2. The van der Waals surface area contributed by atoms with Crippen molar-refractivity contribution in [3.8, 4) is 0 Å². The summed E-state index contributed by atoms with van der Waals surface area (Å²) in [6.07, 6.45) is 1.17. The summed E-state index contributed by atoms with van der Waals surface area (Å²) in [5.41, 5.74) is 11.3. The standard InChI is InChI=1S/C36H38N4O6/c1-17-23(9-11-33(43)45-7)29-16-30-24(10-12-34(44)46-8)18(2)26(38-30)14-31-36(22(6)42)20(4)28(40-31)15-32-35(21(5)41)19(3)27(39-32)13-25(17)37-29/h13-16,38-39H,9-12H2,1-8H3. The summed E-state index contributed by atoms with van der Waals surface area (Å²) < 4.78 is 9.84. The van der Waals surface area contributed by atoms with E-state index in [9.17, 15) is 19.2 Å². The fraction of sp³-hybridized carbons (Fsp3) is 0.333. The van der Waals surface area contributed by atoms with Crippen molar-refractivity contribution in [2.24, 2.45) is 0 Å². The first-order chi connectivity index (χ1) is 21.8. The van der Waals surface area contributed by atoms with Crippen molar-refractivity contribution in [2.75, 3.05) is 14.2 Å². The molecule has 0 aliphatic carbocycles. The van der Waals surface area contributed by atoms with Crippen LogP contribution in [0.1, 0.15) is 96.8 Å². The van der Waals surface area contributed by atoms with E-state index < -0.39 is 0 Å². The van der Waals surface area contributed by atoms with Crippen molar-refractivity contribution in [3.05, 3.63) is 69.3 Å². The number of fused-ring (bicyclic) bond motifs is 8. The van der Waals surface area contributed by atoms with Gasteiger partial charge in [-0.25, -0.2) is 9.97 Å². The first kappa shape index (κ1) is 32.3. The first-order valence-electron chi connectivity index (χ1n) is 15.2. The van der Waals surface area contributed by atoms with Crippen LogP contribution < -0.4 is 0 Å². The Labute approximate surface area is 267 Å². The Hall–Kier alpha value is -5.12. The third-order valence-electron chi connectivity index (χ3n) is 8.85. The highest BCUT2D eigenvalue weighted by Crippen LogP contribution is 2.36. The molecule has 238 valence electrons. The third kappa shape index (κ3) is 5.94. The maximum atomic E-state index is 12.9. The normalized spacial score (nSPS) is 12.9. The fourth-order valence-electron chi connectivity index (χ4n) is 6.30. The van der Waals surface area contributed by atoms with Crippen LogP contribution in [-0.4, -0.2) is 57.7 Å². The predicted molar refractivity (Wildman–Crippen MR) is 178 cm³/mol. The van der Waals surface area contributed by atoms with E-state index in [-0.39, 0.29) is 36.3 Å². The van der Waals surface area contributed by atoms with Crippen LogP contribution in [0, 0.1) is 13.8 Å². The van der Waals surface area contributed by atoms with Crippen LogP contribution in [0.25, 0.3) is 44.4 Å². The summed E-state index contributed by atoms with van der Waals surface area (Å²) >= 11 is 0. The highest BCUT2D eigenvalue weighted by atomic mass is 16.5. The number of nitrogens with zero attached hydrogens (tertiary/aromatic N) is 2. The summed E-state index contributed by atoms with van der Waals surface area (Å²) in [5, 5.41) is 0. The van der Waals surface area contributed by atoms with E-state index >= 15 is 0 Å². The molecule has 3 aromatic heterocycles. The number of H-pyrrole nitrogens is 2. The van der Waals surface area contributed by atoms with Crippen molar-refractivity contribution in [1.82, 2.24) is 19.9 Å². The average Bonchev–Trinajstić information content (AvgIpc) is 3.67. The van der Waals surface area contributed by atoms with E-state index in [0.29, 0.717) is 57.8 Å². The van der Waals surface area contributed by atoms with E-state index in [1.165, 1.54) is 28.1 Å². The lowest BCUT2D eigenvalue weighted by molar-refractivity contribution is -0.141. The maximum Gasteiger partial charge on any atom is 0.305 e. The molecule has 0 unspecified atom stereocenters. The minimum Gasteiger partial charge on any atom is -0.469 e. The molecule has 0 atom stereocenters. The van der Waals surface area contributed by atoms with E-state index in [1.54, 1.807) is 0 Å². The molecule has 5 heterocycles. The zero-order chi connectivity index (χ0) is 33.4. The van der Waals surface area contributed by atoms with Gasteiger partial charge in [-0.1, -0.05) is 0 Å². The topological polar surface area (TPSA) is 144 Å². The second kappa shape index (κ2) is 12.7. The highest BCUT2D eigenvalue weighted by molar-refractivity contribution is 6.27. The second-order valence-electron chi connectivity index (χ2n) is 11.7. The Bertz CT molecular complexity index is 2060. The SMILES string of the molecule is COC(=O)CCC1=C(C)c2cc3[nH]c(cc4nc(cc5[nH]c(cc1n2)c(CCC(=O)OC)c5C)C(C(C)=O)=C4C)c(C(C)=O)c3C. The van der Waals surface area contributed by atoms with Crippen molar-refractivity contribution < 1.29 is 28.7 Å². The predicted octanol–water partition coefficient (Wildman–Crippen LogP) is 6.64. The number of ether oxygens (including phenoxy) is 2. The van der Waals surface area contributed by atoms with Crippen LogP contribution in [0.15, 0.2) is 24.3 Å². The molecule has 0 fully saturated rings. The molecule has 2 aliphatic heterocycles. The number of allylic oxidation sites excluding steroid dienone is 4. The van der Waals surface area contributed by atoms with Gasteiger partial charge < -0.3 is 19.4 Å².